The fourth-order valence-electron chi connectivity index (χ4n) is 4.06. The van der Waals surface area contributed by atoms with E-state index in [1.807, 2.05) is 24.5 Å². The number of nitrogens with zero attached hydrogens (tertiary/aromatic N) is 3. The van der Waals surface area contributed by atoms with E-state index in [0.29, 0.717) is 0 Å². The van der Waals surface area contributed by atoms with Crippen molar-refractivity contribution in [2.24, 2.45) is 0 Å². The van der Waals surface area contributed by atoms with Crippen LogP contribution in [0.1, 0.15) is 55.1 Å². The molecule has 11 heteroatoms. The van der Waals surface area contributed by atoms with Gasteiger partial charge in [-0.2, -0.15) is 0 Å². The van der Waals surface area contributed by atoms with Crippen molar-refractivity contribution in [3.8, 4) is 0 Å². The van der Waals surface area contributed by atoms with E-state index < -0.39 is 42.0 Å². The van der Waals surface area contributed by atoms with Gasteiger partial charge in [0.1, 0.15) is 5.82 Å². The Hall–Kier alpha value is -3.41. The Morgan fingerprint density at radius 2 is 1.53 bits per heavy atom. The van der Waals surface area contributed by atoms with Crippen molar-refractivity contribution in [1.82, 2.24) is 14.9 Å². The number of aryl methyl sites for hydroxylation is 2. The van der Waals surface area contributed by atoms with Gasteiger partial charge in [0.2, 0.25) is 0 Å². The van der Waals surface area contributed by atoms with Gasteiger partial charge in [-0.1, -0.05) is 31.2 Å². The minimum absolute atomic E-state index is 0.690. The standard InChI is InChI=1S/C19H25N3O.C6H8O7/c1-3-18-20-12-16(13-21-18)14-22-10-8-19(23,9-11-22)17-7-5-4-6-15(17)2;7-3(8)1-6(13,5(11)12)2-4(9)10/h4-7,12-13,23H,3,8-11,14H2,1-2H3;13H,1-2H2,(H,7,8)(H,9,10)(H,11,12). The quantitative estimate of drug-likeness (QED) is 0.335. The molecule has 1 aromatic heterocycles. The van der Waals surface area contributed by atoms with Crippen molar-refractivity contribution < 1.29 is 39.9 Å². The highest BCUT2D eigenvalue weighted by Crippen LogP contribution is 2.34. The molecule has 0 aliphatic carbocycles. The van der Waals surface area contributed by atoms with E-state index in [9.17, 15) is 19.5 Å². The average Bonchev–Trinajstić information content (AvgIpc) is 2.81. The van der Waals surface area contributed by atoms with E-state index in [-0.39, 0.29) is 0 Å². The van der Waals surface area contributed by atoms with Crippen molar-refractivity contribution in [3.05, 3.63) is 59.2 Å². The number of carboxylic acid groups (broad SMARTS) is 3. The van der Waals surface area contributed by atoms with Crippen molar-refractivity contribution in [3.63, 3.8) is 0 Å². The predicted molar refractivity (Wildman–Crippen MR) is 128 cm³/mol. The number of carbonyl (C=O) groups is 3. The van der Waals surface area contributed by atoms with Gasteiger partial charge in [-0.3, -0.25) is 14.5 Å². The highest BCUT2D eigenvalue weighted by Gasteiger charge is 2.40. The second-order valence-electron chi connectivity index (χ2n) is 8.96. The summed E-state index contributed by atoms with van der Waals surface area (Å²) in [6.07, 6.45) is 3.97. The zero-order valence-corrected chi connectivity index (χ0v) is 20.4. The summed E-state index contributed by atoms with van der Waals surface area (Å²) in [4.78, 5) is 41.6. The molecular weight excluding hydrogens is 470 g/mol. The smallest absolute Gasteiger partial charge is 0.336 e. The molecule has 196 valence electrons. The van der Waals surface area contributed by atoms with Gasteiger partial charge in [0.25, 0.3) is 0 Å². The van der Waals surface area contributed by atoms with Crippen LogP contribution in [0, 0.1) is 6.92 Å². The first-order valence-electron chi connectivity index (χ1n) is 11.6. The fourth-order valence-corrected chi connectivity index (χ4v) is 4.06. The minimum Gasteiger partial charge on any atom is -0.481 e. The first kappa shape index (κ1) is 28.8. The van der Waals surface area contributed by atoms with Crippen LogP contribution >= 0.6 is 0 Å². The van der Waals surface area contributed by atoms with E-state index in [0.717, 1.165) is 55.8 Å². The maximum atomic E-state index is 11.0. The van der Waals surface area contributed by atoms with Crippen LogP contribution in [-0.2, 0) is 33.0 Å². The van der Waals surface area contributed by atoms with Crippen molar-refractivity contribution in [1.29, 1.82) is 0 Å². The third-order valence-corrected chi connectivity index (χ3v) is 6.10. The largest absolute Gasteiger partial charge is 0.481 e. The molecule has 0 spiro atoms. The topological polar surface area (TPSA) is 181 Å². The van der Waals surface area contributed by atoms with Crippen molar-refractivity contribution >= 4 is 17.9 Å². The summed E-state index contributed by atoms with van der Waals surface area (Å²) in [5, 5.41) is 44.8. The second kappa shape index (κ2) is 12.5. The van der Waals surface area contributed by atoms with E-state index in [2.05, 4.69) is 40.8 Å². The van der Waals surface area contributed by atoms with Crippen LogP contribution in [0.2, 0.25) is 0 Å². The molecule has 2 heterocycles. The molecule has 5 N–H and O–H groups in total. The van der Waals surface area contributed by atoms with Crippen molar-refractivity contribution in [2.45, 2.75) is 63.7 Å². The summed E-state index contributed by atoms with van der Waals surface area (Å²) in [5.74, 6) is -4.13. The number of carboxylic acids is 3. The number of benzene rings is 1. The number of likely N-dealkylation sites (tertiary alicyclic amines) is 1. The van der Waals surface area contributed by atoms with Crippen LogP contribution in [0.5, 0.6) is 0 Å². The molecule has 36 heavy (non-hydrogen) atoms. The van der Waals surface area contributed by atoms with Crippen molar-refractivity contribution in [2.75, 3.05) is 13.1 Å². The number of aliphatic carboxylic acids is 3. The lowest BCUT2D eigenvalue weighted by Crippen LogP contribution is -2.42. The molecular formula is C25H33N3O8. The first-order chi connectivity index (χ1) is 16.9. The molecule has 1 fully saturated rings. The fraction of sp³-hybridized carbons (Fsp3) is 0.480. The molecule has 0 unspecified atom stereocenters. The van der Waals surface area contributed by atoms with Gasteiger partial charge in [-0.05, 0) is 30.9 Å². The molecule has 11 nitrogen and oxygen atoms in total. The lowest BCUT2D eigenvalue weighted by Gasteiger charge is -2.39. The van der Waals surface area contributed by atoms with Crippen LogP contribution in [0.3, 0.4) is 0 Å². The van der Waals surface area contributed by atoms with E-state index in [1.165, 1.54) is 5.56 Å². The molecule has 1 saturated heterocycles. The summed E-state index contributed by atoms with van der Waals surface area (Å²) in [6, 6.07) is 8.17. The molecule has 0 saturated carbocycles. The van der Waals surface area contributed by atoms with Gasteiger partial charge >= 0.3 is 17.9 Å². The molecule has 1 aliphatic rings. The maximum absolute atomic E-state index is 11.0. The van der Waals surface area contributed by atoms with Crippen LogP contribution in [0.25, 0.3) is 0 Å². The van der Waals surface area contributed by atoms with Crippen LogP contribution in [-0.4, -0.2) is 77.0 Å². The van der Waals surface area contributed by atoms with Gasteiger partial charge in [-0.15, -0.1) is 0 Å². The predicted octanol–water partition coefficient (Wildman–Crippen LogP) is 1.58. The van der Waals surface area contributed by atoms with Gasteiger partial charge in [0.15, 0.2) is 5.60 Å². The van der Waals surface area contributed by atoms with E-state index >= 15 is 0 Å². The lowest BCUT2D eigenvalue weighted by atomic mass is 9.82. The molecule has 0 bridgehead atoms. The van der Waals surface area contributed by atoms with Gasteiger partial charge < -0.3 is 25.5 Å². The van der Waals surface area contributed by atoms with E-state index in [1.54, 1.807) is 0 Å². The number of hydrogen-bond acceptors (Lipinski definition) is 8. The number of rotatable bonds is 9. The highest BCUT2D eigenvalue weighted by atomic mass is 16.4. The van der Waals surface area contributed by atoms with Crippen LogP contribution in [0.4, 0.5) is 0 Å². The van der Waals surface area contributed by atoms with Gasteiger partial charge in [-0.25, -0.2) is 14.8 Å². The Balaban J connectivity index is 0.000000302. The monoisotopic (exact) mass is 503 g/mol. The van der Waals surface area contributed by atoms with Gasteiger partial charge in [0, 0.05) is 44.0 Å². The normalized spacial score (nSPS) is 15.4. The lowest BCUT2D eigenvalue weighted by molar-refractivity contribution is -0.170. The molecule has 2 aromatic rings. The summed E-state index contributed by atoms with van der Waals surface area (Å²) >= 11 is 0. The molecule has 0 atom stereocenters. The second-order valence-corrected chi connectivity index (χ2v) is 8.96. The SMILES string of the molecule is CCc1ncc(CN2CCC(O)(c3ccccc3C)CC2)cn1.O=C(O)CC(O)(CC(=O)O)C(=O)O. The molecule has 0 amide bonds. The van der Waals surface area contributed by atoms with Crippen LogP contribution < -0.4 is 0 Å². The summed E-state index contributed by atoms with van der Waals surface area (Å²) < 4.78 is 0. The average molecular weight is 504 g/mol. The Bertz CT molecular complexity index is 1030. The number of hydrogen-bond donors (Lipinski definition) is 5. The Labute approximate surface area is 209 Å². The number of aromatic nitrogens is 2. The maximum Gasteiger partial charge on any atom is 0.336 e. The number of piperidine rings is 1. The van der Waals surface area contributed by atoms with Crippen LogP contribution in [0.15, 0.2) is 36.7 Å². The molecule has 1 aliphatic heterocycles. The Morgan fingerprint density at radius 1 is 1.00 bits per heavy atom. The third kappa shape index (κ3) is 8.08. The molecule has 0 radical (unpaired) electrons. The minimum atomic E-state index is -2.74. The third-order valence-electron chi connectivity index (χ3n) is 6.10. The molecule has 3 rings (SSSR count). The van der Waals surface area contributed by atoms with Gasteiger partial charge in [0.05, 0.1) is 18.4 Å². The summed E-state index contributed by atoms with van der Waals surface area (Å²) in [7, 11) is 0. The summed E-state index contributed by atoms with van der Waals surface area (Å²) in [5.41, 5.74) is -0.0342. The highest BCUT2D eigenvalue weighted by molar-refractivity contribution is 5.88. The zero-order valence-electron chi connectivity index (χ0n) is 20.4. The Kier molecular flexibility index (Phi) is 10.0. The van der Waals surface area contributed by atoms with E-state index in [4.69, 9.17) is 20.4 Å². The summed E-state index contributed by atoms with van der Waals surface area (Å²) in [6.45, 7) is 6.77. The molecule has 1 aromatic carbocycles. The zero-order chi connectivity index (χ0) is 26.9. The number of aliphatic hydroxyl groups is 2. The Morgan fingerprint density at radius 3 is 1.97 bits per heavy atom. The first-order valence-corrected chi connectivity index (χ1v) is 11.6.